The molecule has 1 heterocycles. The average Bonchev–Trinajstić information content (AvgIpc) is 3.14. The highest BCUT2D eigenvalue weighted by Gasteiger charge is 2.31. The highest BCUT2D eigenvalue weighted by molar-refractivity contribution is 6.33. The largest absolute Gasteiger partial charge is 0.573 e. The Morgan fingerprint density at radius 3 is 2.48 bits per heavy atom. The van der Waals surface area contributed by atoms with Gasteiger partial charge in [0.1, 0.15) is 12.1 Å². The van der Waals surface area contributed by atoms with Gasteiger partial charge >= 0.3 is 12.3 Å². The van der Waals surface area contributed by atoms with Crippen LogP contribution in [0.3, 0.4) is 0 Å². The molecule has 0 fully saturated rings. The van der Waals surface area contributed by atoms with Crippen LogP contribution in [0, 0.1) is 0 Å². The van der Waals surface area contributed by atoms with Crippen LogP contribution in [0.4, 0.5) is 13.2 Å². The quantitative estimate of drug-likeness (QED) is 0.548. The fourth-order valence-corrected chi connectivity index (χ4v) is 2.86. The van der Waals surface area contributed by atoms with E-state index < -0.39 is 12.3 Å². The lowest BCUT2D eigenvalue weighted by molar-refractivity contribution is -0.274. The Bertz CT molecular complexity index is 1000. The first-order valence-electron chi connectivity index (χ1n) is 8.38. The van der Waals surface area contributed by atoms with E-state index in [9.17, 15) is 18.0 Å². The van der Waals surface area contributed by atoms with Gasteiger partial charge in [-0.25, -0.2) is 14.5 Å². The number of aromatic nitrogens is 3. The molecule has 3 aromatic rings. The first kappa shape index (κ1) is 20.7. The van der Waals surface area contributed by atoms with Crippen LogP contribution < -0.4 is 4.74 Å². The smallest absolute Gasteiger partial charge is 0.465 e. The maximum absolute atomic E-state index is 12.2. The van der Waals surface area contributed by atoms with Gasteiger partial charge in [-0.2, -0.15) is 5.10 Å². The Morgan fingerprint density at radius 2 is 1.86 bits per heavy atom. The molecule has 0 aliphatic heterocycles. The zero-order valence-electron chi connectivity index (χ0n) is 15.1. The van der Waals surface area contributed by atoms with Gasteiger partial charge in [-0.05, 0) is 48.4 Å². The lowest BCUT2D eigenvalue weighted by Crippen LogP contribution is -2.17. The van der Waals surface area contributed by atoms with E-state index in [0.29, 0.717) is 34.9 Å². The first-order valence-corrected chi connectivity index (χ1v) is 8.76. The molecule has 0 N–H and O–H groups in total. The van der Waals surface area contributed by atoms with Gasteiger partial charge in [-0.3, -0.25) is 0 Å². The molecule has 10 heteroatoms. The molecule has 152 valence electrons. The van der Waals surface area contributed by atoms with Crippen molar-refractivity contribution in [3.05, 3.63) is 70.8 Å². The molecular formula is C19H15ClF3N3O3. The van der Waals surface area contributed by atoms with Crippen molar-refractivity contribution in [2.45, 2.75) is 19.2 Å². The summed E-state index contributed by atoms with van der Waals surface area (Å²) in [4.78, 5) is 15.8. The molecule has 0 unspecified atom stereocenters. The Hall–Kier alpha value is -3.07. The molecule has 29 heavy (non-hydrogen) atoms. The third kappa shape index (κ3) is 5.47. The summed E-state index contributed by atoms with van der Waals surface area (Å²) in [7, 11) is 1.28. The fraction of sp³-hybridized carbons (Fsp3) is 0.211. The maximum atomic E-state index is 12.2. The van der Waals surface area contributed by atoms with Crippen LogP contribution in [0.25, 0.3) is 5.69 Å². The monoisotopic (exact) mass is 425 g/mol. The van der Waals surface area contributed by atoms with Gasteiger partial charge in [0.25, 0.3) is 0 Å². The summed E-state index contributed by atoms with van der Waals surface area (Å²) in [6.07, 6.45) is -2.16. The van der Waals surface area contributed by atoms with Gasteiger partial charge < -0.3 is 9.47 Å². The predicted octanol–water partition coefficient (Wildman–Crippen LogP) is 4.39. The predicted molar refractivity (Wildman–Crippen MR) is 98.2 cm³/mol. The Balaban J connectivity index is 1.63. The Morgan fingerprint density at radius 1 is 1.14 bits per heavy atom. The van der Waals surface area contributed by atoms with Crippen molar-refractivity contribution < 1.29 is 27.4 Å². The van der Waals surface area contributed by atoms with Crippen molar-refractivity contribution in [2.75, 3.05) is 7.11 Å². The van der Waals surface area contributed by atoms with Crippen molar-refractivity contribution >= 4 is 17.6 Å². The van der Waals surface area contributed by atoms with Gasteiger partial charge in [0.2, 0.25) is 0 Å². The van der Waals surface area contributed by atoms with E-state index in [1.54, 1.807) is 18.2 Å². The molecule has 0 aliphatic carbocycles. The van der Waals surface area contributed by atoms with Gasteiger partial charge in [0, 0.05) is 6.42 Å². The molecule has 6 nitrogen and oxygen atoms in total. The summed E-state index contributed by atoms with van der Waals surface area (Å²) in [5, 5.41) is 4.62. The van der Waals surface area contributed by atoms with E-state index in [1.807, 2.05) is 0 Å². The summed E-state index contributed by atoms with van der Waals surface area (Å²) >= 11 is 6.10. The molecular weight excluding hydrogens is 411 g/mol. The molecule has 1 aromatic heterocycles. The molecule has 0 saturated heterocycles. The summed E-state index contributed by atoms with van der Waals surface area (Å²) in [6, 6.07) is 10.4. The van der Waals surface area contributed by atoms with E-state index in [0.717, 1.165) is 5.56 Å². The number of carbonyl (C=O) groups excluding carboxylic acids is 1. The van der Waals surface area contributed by atoms with Crippen LogP contribution in [-0.2, 0) is 17.6 Å². The van der Waals surface area contributed by atoms with E-state index in [1.165, 1.54) is 42.4 Å². The number of alkyl halides is 3. The van der Waals surface area contributed by atoms with Crippen LogP contribution in [0.15, 0.2) is 48.8 Å². The zero-order chi connectivity index (χ0) is 21.0. The summed E-state index contributed by atoms with van der Waals surface area (Å²) in [5.41, 5.74) is 1.73. The van der Waals surface area contributed by atoms with Crippen molar-refractivity contribution in [3.8, 4) is 11.4 Å². The van der Waals surface area contributed by atoms with E-state index >= 15 is 0 Å². The molecule has 0 amide bonds. The number of hydrogen-bond acceptors (Lipinski definition) is 5. The van der Waals surface area contributed by atoms with Gasteiger partial charge in [0.15, 0.2) is 5.82 Å². The van der Waals surface area contributed by atoms with E-state index in [-0.39, 0.29) is 5.75 Å². The molecule has 0 spiro atoms. The van der Waals surface area contributed by atoms with Gasteiger partial charge in [-0.1, -0.05) is 17.7 Å². The van der Waals surface area contributed by atoms with Crippen LogP contribution in [0.5, 0.6) is 5.75 Å². The maximum Gasteiger partial charge on any atom is 0.573 e. The summed E-state index contributed by atoms with van der Waals surface area (Å²) in [5.74, 6) is -0.267. The number of benzene rings is 2. The molecule has 0 radical (unpaired) electrons. The second-order valence-corrected chi connectivity index (χ2v) is 6.36. The highest BCUT2D eigenvalue weighted by atomic mass is 35.5. The van der Waals surface area contributed by atoms with Crippen LogP contribution >= 0.6 is 11.6 Å². The standard InChI is InChI=1S/C19H15ClF3N3O3/c1-28-18(27)15-8-2-12(10-16(15)20)3-9-17-24-11-26(25-17)13-4-6-14(7-5-13)29-19(21,22)23/h2,4-8,10-11H,3,9H2,1H3. The van der Waals surface area contributed by atoms with Crippen molar-refractivity contribution in [1.82, 2.24) is 14.8 Å². The SMILES string of the molecule is COC(=O)c1ccc(CCc2ncn(-c3ccc(OC(F)(F)F)cc3)n2)cc1Cl. The molecule has 0 atom stereocenters. The normalized spacial score (nSPS) is 11.3. The van der Waals surface area contributed by atoms with Gasteiger partial charge in [-0.15, -0.1) is 13.2 Å². The molecule has 0 aliphatic rings. The van der Waals surface area contributed by atoms with E-state index in [4.69, 9.17) is 11.6 Å². The zero-order valence-corrected chi connectivity index (χ0v) is 15.9. The molecule has 2 aromatic carbocycles. The first-order chi connectivity index (χ1) is 13.7. The number of rotatable bonds is 6. The third-order valence-corrected chi connectivity index (χ3v) is 4.26. The topological polar surface area (TPSA) is 66.2 Å². The number of halogens is 4. The minimum atomic E-state index is -4.74. The number of nitrogens with zero attached hydrogens (tertiary/aromatic N) is 3. The second kappa shape index (κ2) is 8.52. The number of methoxy groups -OCH3 is 1. The van der Waals surface area contributed by atoms with Crippen molar-refractivity contribution in [3.63, 3.8) is 0 Å². The van der Waals surface area contributed by atoms with Crippen molar-refractivity contribution in [1.29, 1.82) is 0 Å². The number of ether oxygens (including phenoxy) is 2. The third-order valence-electron chi connectivity index (χ3n) is 3.95. The molecule has 3 rings (SSSR count). The van der Waals surface area contributed by atoms with E-state index in [2.05, 4.69) is 19.6 Å². The van der Waals surface area contributed by atoms with Crippen LogP contribution in [0.1, 0.15) is 21.7 Å². The van der Waals surface area contributed by atoms with Gasteiger partial charge in [0.05, 0.1) is 23.4 Å². The van der Waals surface area contributed by atoms with Crippen molar-refractivity contribution in [2.24, 2.45) is 0 Å². The minimum Gasteiger partial charge on any atom is -0.465 e. The minimum absolute atomic E-state index is 0.290. The molecule has 0 bridgehead atoms. The Kier molecular flexibility index (Phi) is 6.07. The number of esters is 1. The second-order valence-electron chi connectivity index (χ2n) is 5.95. The number of hydrogen-bond donors (Lipinski definition) is 0. The lowest BCUT2D eigenvalue weighted by atomic mass is 10.1. The Labute approximate surface area is 168 Å². The van der Waals surface area contributed by atoms with Crippen LogP contribution in [0.2, 0.25) is 5.02 Å². The summed E-state index contributed by atoms with van der Waals surface area (Å²) in [6.45, 7) is 0. The lowest BCUT2D eigenvalue weighted by Gasteiger charge is -2.09. The molecule has 0 saturated carbocycles. The number of aryl methyl sites for hydroxylation is 2. The summed E-state index contributed by atoms with van der Waals surface area (Å²) < 4.78 is 46.6. The fourth-order valence-electron chi connectivity index (χ4n) is 2.58. The highest BCUT2D eigenvalue weighted by Crippen LogP contribution is 2.23. The van der Waals surface area contributed by atoms with Crippen LogP contribution in [-0.4, -0.2) is 34.2 Å². The average molecular weight is 426 g/mol. The number of carbonyl (C=O) groups is 1.